The van der Waals surface area contributed by atoms with Gasteiger partial charge in [-0.1, -0.05) is 23.7 Å². The van der Waals surface area contributed by atoms with Crippen molar-refractivity contribution in [2.45, 2.75) is 38.6 Å². The maximum absolute atomic E-state index is 12.9. The first-order chi connectivity index (χ1) is 11.5. The molecule has 2 atom stereocenters. The van der Waals surface area contributed by atoms with Gasteiger partial charge in [-0.3, -0.25) is 9.59 Å². The Hall–Kier alpha value is -1.55. The molecule has 4 nitrogen and oxygen atoms in total. The minimum Gasteiger partial charge on any atom is -0.342 e. The van der Waals surface area contributed by atoms with E-state index in [-0.39, 0.29) is 29.7 Å². The van der Waals surface area contributed by atoms with E-state index in [4.69, 9.17) is 11.6 Å². The van der Waals surface area contributed by atoms with Gasteiger partial charge in [-0.2, -0.15) is 0 Å². The highest BCUT2D eigenvalue weighted by Gasteiger charge is 2.37. The molecule has 5 heteroatoms. The van der Waals surface area contributed by atoms with Crippen molar-refractivity contribution in [3.8, 4) is 0 Å². The standard InChI is InChI=1S/C19H25ClN2O2/c1-13(14-7-9-17(20)10-8-14)21(2)18(23)16-4-3-11-22(12-16)19(24)15-5-6-15/h7-10,13,15-16H,3-6,11-12H2,1-2H3/t13-,16-/m1/s1. The fourth-order valence-corrected chi connectivity index (χ4v) is 3.54. The first kappa shape index (κ1) is 17.3. The van der Waals surface area contributed by atoms with Gasteiger partial charge in [0.2, 0.25) is 11.8 Å². The van der Waals surface area contributed by atoms with Gasteiger partial charge in [0, 0.05) is 31.1 Å². The molecule has 1 saturated heterocycles. The minimum absolute atomic E-state index is 0.00993. The van der Waals surface area contributed by atoms with Gasteiger partial charge in [0.25, 0.3) is 0 Å². The topological polar surface area (TPSA) is 40.6 Å². The van der Waals surface area contributed by atoms with Gasteiger partial charge in [0.1, 0.15) is 0 Å². The Bertz CT molecular complexity index is 612. The van der Waals surface area contributed by atoms with E-state index in [1.807, 2.05) is 43.1 Å². The quantitative estimate of drug-likeness (QED) is 0.835. The zero-order valence-corrected chi connectivity index (χ0v) is 15.1. The molecule has 3 rings (SSSR count). The van der Waals surface area contributed by atoms with Crippen molar-refractivity contribution in [2.75, 3.05) is 20.1 Å². The Labute approximate surface area is 148 Å². The highest BCUT2D eigenvalue weighted by Crippen LogP contribution is 2.33. The lowest BCUT2D eigenvalue weighted by atomic mass is 9.95. The molecule has 0 aromatic heterocycles. The van der Waals surface area contributed by atoms with Crippen molar-refractivity contribution in [3.05, 3.63) is 34.9 Å². The zero-order chi connectivity index (χ0) is 17.3. The summed E-state index contributed by atoms with van der Waals surface area (Å²) >= 11 is 5.94. The van der Waals surface area contributed by atoms with Crippen LogP contribution < -0.4 is 0 Å². The van der Waals surface area contributed by atoms with Crippen LogP contribution in [0.3, 0.4) is 0 Å². The first-order valence-corrected chi connectivity index (χ1v) is 9.16. The average molecular weight is 349 g/mol. The van der Waals surface area contributed by atoms with Crippen LogP contribution >= 0.6 is 11.6 Å². The molecule has 0 bridgehead atoms. The highest BCUT2D eigenvalue weighted by molar-refractivity contribution is 6.30. The van der Waals surface area contributed by atoms with E-state index in [1.54, 1.807) is 4.90 Å². The number of likely N-dealkylation sites (tertiary alicyclic amines) is 1. The second-order valence-electron chi connectivity index (χ2n) is 7.07. The number of hydrogen-bond acceptors (Lipinski definition) is 2. The summed E-state index contributed by atoms with van der Waals surface area (Å²) in [4.78, 5) is 28.9. The van der Waals surface area contributed by atoms with Crippen molar-refractivity contribution < 1.29 is 9.59 Å². The van der Waals surface area contributed by atoms with Gasteiger partial charge >= 0.3 is 0 Å². The molecule has 2 fully saturated rings. The number of benzene rings is 1. The summed E-state index contributed by atoms with van der Waals surface area (Å²) in [5.74, 6) is 0.525. The fraction of sp³-hybridized carbons (Fsp3) is 0.579. The summed E-state index contributed by atoms with van der Waals surface area (Å²) < 4.78 is 0. The number of halogens is 1. The Kier molecular flexibility index (Phi) is 5.14. The molecule has 0 spiro atoms. The monoisotopic (exact) mass is 348 g/mol. The fourth-order valence-electron chi connectivity index (χ4n) is 3.41. The van der Waals surface area contributed by atoms with E-state index in [9.17, 15) is 9.59 Å². The molecule has 0 radical (unpaired) electrons. The van der Waals surface area contributed by atoms with E-state index < -0.39 is 0 Å². The molecule has 1 heterocycles. The lowest BCUT2D eigenvalue weighted by Crippen LogP contribution is -2.46. The Morgan fingerprint density at radius 2 is 1.83 bits per heavy atom. The van der Waals surface area contributed by atoms with Crippen LogP contribution in [-0.4, -0.2) is 41.8 Å². The molecule has 0 N–H and O–H groups in total. The lowest BCUT2D eigenvalue weighted by molar-refractivity contribution is -0.141. The molecule has 0 unspecified atom stereocenters. The number of nitrogens with zero attached hydrogens (tertiary/aromatic N) is 2. The van der Waals surface area contributed by atoms with Crippen molar-refractivity contribution >= 4 is 23.4 Å². The third-order valence-corrected chi connectivity index (χ3v) is 5.54. The summed E-state index contributed by atoms with van der Waals surface area (Å²) in [6, 6.07) is 7.61. The summed E-state index contributed by atoms with van der Waals surface area (Å²) in [6.07, 6.45) is 3.81. The number of carbonyl (C=O) groups excluding carboxylic acids is 2. The molecule has 2 aliphatic rings. The molecule has 1 saturated carbocycles. The van der Waals surface area contributed by atoms with Crippen LogP contribution in [0.2, 0.25) is 5.02 Å². The number of hydrogen-bond donors (Lipinski definition) is 0. The maximum Gasteiger partial charge on any atom is 0.227 e. The van der Waals surface area contributed by atoms with Gasteiger partial charge in [0.15, 0.2) is 0 Å². The summed E-state index contributed by atoms with van der Waals surface area (Å²) in [6.45, 7) is 3.40. The zero-order valence-electron chi connectivity index (χ0n) is 14.4. The van der Waals surface area contributed by atoms with Crippen molar-refractivity contribution in [1.29, 1.82) is 0 Å². The molecule has 1 aromatic carbocycles. The third kappa shape index (κ3) is 3.75. The van der Waals surface area contributed by atoms with Crippen LogP contribution in [0.1, 0.15) is 44.2 Å². The first-order valence-electron chi connectivity index (χ1n) is 8.78. The van der Waals surface area contributed by atoms with E-state index in [0.717, 1.165) is 37.8 Å². The molecule has 1 aliphatic heterocycles. The summed E-state index contributed by atoms with van der Waals surface area (Å²) in [5, 5.41) is 0.696. The molecular weight excluding hydrogens is 324 g/mol. The minimum atomic E-state index is -0.0822. The second-order valence-corrected chi connectivity index (χ2v) is 7.51. The van der Waals surface area contributed by atoms with Gasteiger partial charge in [0.05, 0.1) is 12.0 Å². The Balaban J connectivity index is 1.63. The smallest absolute Gasteiger partial charge is 0.227 e. The Morgan fingerprint density at radius 1 is 1.17 bits per heavy atom. The molecule has 24 heavy (non-hydrogen) atoms. The number of amides is 2. The van der Waals surface area contributed by atoms with Crippen LogP contribution in [0.15, 0.2) is 24.3 Å². The molecule has 1 aromatic rings. The Morgan fingerprint density at radius 3 is 2.46 bits per heavy atom. The van der Waals surface area contributed by atoms with Crippen molar-refractivity contribution in [2.24, 2.45) is 11.8 Å². The number of carbonyl (C=O) groups is 2. The van der Waals surface area contributed by atoms with E-state index in [0.29, 0.717) is 11.6 Å². The molecular formula is C19H25ClN2O2. The highest BCUT2D eigenvalue weighted by atomic mass is 35.5. The van der Waals surface area contributed by atoms with E-state index >= 15 is 0 Å². The second kappa shape index (κ2) is 7.14. The predicted octanol–water partition coefficient (Wildman–Crippen LogP) is 3.51. The van der Waals surface area contributed by atoms with Gasteiger partial charge in [-0.25, -0.2) is 0 Å². The summed E-state index contributed by atoms with van der Waals surface area (Å²) in [7, 11) is 1.85. The summed E-state index contributed by atoms with van der Waals surface area (Å²) in [5.41, 5.74) is 1.07. The van der Waals surface area contributed by atoms with Crippen LogP contribution in [0.25, 0.3) is 0 Å². The van der Waals surface area contributed by atoms with E-state index in [2.05, 4.69) is 0 Å². The van der Waals surface area contributed by atoms with Gasteiger partial charge in [-0.05, 0) is 50.3 Å². The van der Waals surface area contributed by atoms with E-state index in [1.165, 1.54) is 0 Å². The van der Waals surface area contributed by atoms with Crippen LogP contribution in [0.5, 0.6) is 0 Å². The number of piperidine rings is 1. The normalized spacial score (nSPS) is 22.1. The van der Waals surface area contributed by atoms with Crippen LogP contribution in [0.4, 0.5) is 0 Å². The average Bonchev–Trinajstić information content (AvgIpc) is 3.45. The molecule has 1 aliphatic carbocycles. The van der Waals surface area contributed by atoms with Crippen LogP contribution in [0, 0.1) is 11.8 Å². The largest absolute Gasteiger partial charge is 0.342 e. The maximum atomic E-state index is 12.9. The van der Waals surface area contributed by atoms with Crippen molar-refractivity contribution in [1.82, 2.24) is 9.80 Å². The predicted molar refractivity (Wildman–Crippen MR) is 94.7 cm³/mol. The van der Waals surface area contributed by atoms with Crippen LogP contribution in [-0.2, 0) is 9.59 Å². The van der Waals surface area contributed by atoms with Gasteiger partial charge in [-0.15, -0.1) is 0 Å². The van der Waals surface area contributed by atoms with Crippen molar-refractivity contribution in [3.63, 3.8) is 0 Å². The molecule has 2 amide bonds. The SMILES string of the molecule is C[C@H](c1ccc(Cl)cc1)N(C)C(=O)[C@@H]1CCCN(C(=O)C2CC2)C1. The molecule has 130 valence electrons. The number of rotatable bonds is 4. The lowest BCUT2D eigenvalue weighted by Gasteiger charge is -2.36. The van der Waals surface area contributed by atoms with Gasteiger partial charge < -0.3 is 9.80 Å². The third-order valence-electron chi connectivity index (χ3n) is 5.29.